The lowest BCUT2D eigenvalue weighted by molar-refractivity contribution is 0.319. The summed E-state index contributed by atoms with van der Waals surface area (Å²) in [4.78, 5) is 0. The molecule has 0 radical (unpaired) electrons. The van der Waals surface area contributed by atoms with Crippen LogP contribution in [0.2, 0.25) is 0 Å². The largest absolute Gasteiger partial charge is 0.312 e. The first-order chi connectivity index (χ1) is 5.22. The summed E-state index contributed by atoms with van der Waals surface area (Å²) in [7, 11) is 0. The van der Waals surface area contributed by atoms with Gasteiger partial charge in [0, 0.05) is 18.5 Å². The van der Waals surface area contributed by atoms with E-state index in [4.69, 9.17) is 5.26 Å². The minimum atomic E-state index is -0.562. The number of nitrogens with one attached hydrogen (secondary N) is 1. The van der Waals surface area contributed by atoms with Gasteiger partial charge in [-0.2, -0.15) is 15.5 Å². The van der Waals surface area contributed by atoms with Crippen molar-refractivity contribution in [3.8, 4) is 6.07 Å². The molecule has 0 aromatic rings. The number of hydrogen-bond acceptors (Lipinski definition) is 4. The molecule has 4 heteroatoms. The van der Waals surface area contributed by atoms with Gasteiger partial charge in [-0.05, 0) is 0 Å². The molecule has 0 amide bonds. The fourth-order valence-corrected chi connectivity index (χ4v) is 1.73. The predicted octanol–water partition coefficient (Wildman–Crippen LogP) is 0.324. The van der Waals surface area contributed by atoms with E-state index >= 15 is 0 Å². The van der Waals surface area contributed by atoms with E-state index in [0.717, 1.165) is 6.54 Å². The van der Waals surface area contributed by atoms with Crippen LogP contribution in [0.25, 0.3) is 0 Å². The summed E-state index contributed by atoms with van der Waals surface area (Å²) in [6.07, 6.45) is 0. The Kier molecular flexibility index (Phi) is 1.10. The van der Waals surface area contributed by atoms with Crippen molar-refractivity contribution in [2.75, 3.05) is 19.6 Å². The van der Waals surface area contributed by atoms with Crippen molar-refractivity contribution < 1.29 is 0 Å². The van der Waals surface area contributed by atoms with Crippen LogP contribution < -0.4 is 5.32 Å². The summed E-state index contributed by atoms with van der Waals surface area (Å²) in [6.45, 7) is 4.26. The molecule has 1 N–H and O–H groups in total. The second kappa shape index (κ2) is 1.80. The predicted molar refractivity (Wildman–Crippen MR) is 39.0 cm³/mol. The third-order valence-electron chi connectivity index (χ3n) is 2.74. The molecule has 0 spiro atoms. The topological polar surface area (TPSA) is 60.5 Å². The molecule has 1 fully saturated rings. The molecule has 2 aliphatic rings. The van der Waals surface area contributed by atoms with Gasteiger partial charge in [0.15, 0.2) is 5.54 Å². The first kappa shape index (κ1) is 6.74. The van der Waals surface area contributed by atoms with E-state index in [0.29, 0.717) is 13.1 Å². The lowest BCUT2D eigenvalue weighted by Gasteiger charge is -2.25. The summed E-state index contributed by atoms with van der Waals surface area (Å²) < 4.78 is 0. The van der Waals surface area contributed by atoms with E-state index in [1.165, 1.54) is 0 Å². The van der Waals surface area contributed by atoms with Gasteiger partial charge in [0.25, 0.3) is 0 Å². The zero-order valence-corrected chi connectivity index (χ0v) is 6.46. The van der Waals surface area contributed by atoms with Gasteiger partial charge < -0.3 is 5.32 Å². The van der Waals surface area contributed by atoms with Crippen LogP contribution >= 0.6 is 0 Å². The molecular formula is C7H10N4. The Morgan fingerprint density at radius 3 is 3.00 bits per heavy atom. The number of hydrogen-bond donors (Lipinski definition) is 1. The molecule has 0 unspecified atom stereocenters. The van der Waals surface area contributed by atoms with E-state index < -0.39 is 5.54 Å². The minimum absolute atomic E-state index is 0.0538. The van der Waals surface area contributed by atoms with Crippen LogP contribution in [-0.2, 0) is 0 Å². The second-order valence-corrected chi connectivity index (χ2v) is 3.54. The molecule has 0 aromatic carbocycles. The second-order valence-electron chi connectivity index (χ2n) is 3.54. The van der Waals surface area contributed by atoms with Gasteiger partial charge in [0.2, 0.25) is 0 Å². The fourth-order valence-electron chi connectivity index (χ4n) is 1.73. The molecule has 2 rings (SSSR count). The highest BCUT2D eigenvalue weighted by molar-refractivity contribution is 5.24. The third kappa shape index (κ3) is 0.615. The van der Waals surface area contributed by atoms with Crippen molar-refractivity contribution in [3.05, 3.63) is 0 Å². The number of nitrogens with zero attached hydrogens (tertiary/aromatic N) is 3. The quantitative estimate of drug-likeness (QED) is 0.540. The number of rotatable bonds is 0. The standard InChI is InChI=1S/C7H10N4/c1-6-3-9-5-7(6,2-8)11-10-4-6/h9H,3-5H2,1H3/t6-,7-/m1/s1. The minimum Gasteiger partial charge on any atom is -0.312 e. The van der Waals surface area contributed by atoms with Gasteiger partial charge in [-0.25, -0.2) is 0 Å². The van der Waals surface area contributed by atoms with Crippen LogP contribution in [0.5, 0.6) is 0 Å². The van der Waals surface area contributed by atoms with E-state index in [-0.39, 0.29) is 5.41 Å². The SMILES string of the molecule is C[C@@]12CN=N[C@]1(C#N)CNC2. The van der Waals surface area contributed by atoms with E-state index in [1.807, 2.05) is 0 Å². The average molecular weight is 150 g/mol. The third-order valence-corrected chi connectivity index (χ3v) is 2.74. The Morgan fingerprint density at radius 2 is 2.36 bits per heavy atom. The monoisotopic (exact) mass is 150 g/mol. The van der Waals surface area contributed by atoms with Crippen LogP contribution in [0.4, 0.5) is 0 Å². The average Bonchev–Trinajstić information content (AvgIpc) is 2.41. The molecule has 0 aromatic heterocycles. The maximum absolute atomic E-state index is 8.95. The molecule has 11 heavy (non-hydrogen) atoms. The highest BCUT2D eigenvalue weighted by Gasteiger charge is 2.56. The summed E-state index contributed by atoms with van der Waals surface area (Å²) >= 11 is 0. The summed E-state index contributed by atoms with van der Waals surface area (Å²) in [5.74, 6) is 0. The molecular weight excluding hydrogens is 140 g/mol. The molecule has 0 aliphatic carbocycles. The lowest BCUT2D eigenvalue weighted by atomic mass is 9.76. The van der Waals surface area contributed by atoms with Gasteiger partial charge in [0.1, 0.15) is 0 Å². The number of azo groups is 1. The van der Waals surface area contributed by atoms with Gasteiger partial charge in [-0.3, -0.25) is 0 Å². The normalized spacial score (nSPS) is 47.3. The van der Waals surface area contributed by atoms with Crippen LogP contribution in [-0.4, -0.2) is 25.2 Å². The Bertz CT molecular complexity index is 254. The van der Waals surface area contributed by atoms with Crippen molar-refractivity contribution in [1.29, 1.82) is 5.26 Å². The zero-order chi connectivity index (χ0) is 7.95. The Labute approximate surface area is 65.3 Å². The van der Waals surface area contributed by atoms with Crippen LogP contribution in [0, 0.1) is 16.7 Å². The van der Waals surface area contributed by atoms with Gasteiger partial charge >= 0.3 is 0 Å². The van der Waals surface area contributed by atoms with Crippen molar-refractivity contribution in [2.45, 2.75) is 12.5 Å². The number of nitriles is 1. The maximum atomic E-state index is 8.95. The Morgan fingerprint density at radius 1 is 1.55 bits per heavy atom. The van der Waals surface area contributed by atoms with Crippen molar-refractivity contribution in [3.63, 3.8) is 0 Å². The van der Waals surface area contributed by atoms with Crippen LogP contribution in [0.1, 0.15) is 6.92 Å². The zero-order valence-electron chi connectivity index (χ0n) is 6.46. The van der Waals surface area contributed by atoms with Crippen molar-refractivity contribution in [2.24, 2.45) is 15.6 Å². The summed E-state index contributed by atoms with van der Waals surface area (Å²) in [6, 6.07) is 2.26. The molecule has 4 nitrogen and oxygen atoms in total. The maximum Gasteiger partial charge on any atom is 0.188 e. The summed E-state index contributed by atoms with van der Waals surface area (Å²) in [5.41, 5.74) is -0.616. The van der Waals surface area contributed by atoms with E-state index in [1.54, 1.807) is 0 Å². The lowest BCUT2D eigenvalue weighted by Crippen LogP contribution is -2.40. The molecule has 2 heterocycles. The summed E-state index contributed by atoms with van der Waals surface area (Å²) in [5, 5.41) is 20.1. The van der Waals surface area contributed by atoms with E-state index in [2.05, 4.69) is 28.5 Å². The van der Waals surface area contributed by atoms with Crippen LogP contribution in [0.3, 0.4) is 0 Å². The molecule has 0 bridgehead atoms. The van der Waals surface area contributed by atoms with E-state index in [9.17, 15) is 0 Å². The van der Waals surface area contributed by atoms with Gasteiger partial charge in [0.05, 0.1) is 12.6 Å². The highest BCUT2D eigenvalue weighted by Crippen LogP contribution is 2.42. The molecule has 2 aliphatic heterocycles. The van der Waals surface area contributed by atoms with Gasteiger partial charge in [-0.1, -0.05) is 6.92 Å². The Hall–Kier alpha value is -0.950. The first-order valence-electron chi connectivity index (χ1n) is 3.73. The van der Waals surface area contributed by atoms with Crippen LogP contribution in [0.15, 0.2) is 10.2 Å². The van der Waals surface area contributed by atoms with Gasteiger partial charge in [-0.15, -0.1) is 0 Å². The van der Waals surface area contributed by atoms with Crippen molar-refractivity contribution in [1.82, 2.24) is 5.32 Å². The fraction of sp³-hybridized carbons (Fsp3) is 0.857. The molecule has 58 valence electrons. The first-order valence-corrected chi connectivity index (χ1v) is 3.73. The number of fused-ring (bicyclic) bond motifs is 1. The van der Waals surface area contributed by atoms with Crippen molar-refractivity contribution >= 4 is 0 Å². The smallest absolute Gasteiger partial charge is 0.188 e. The Balaban J connectivity index is 2.44. The molecule has 0 saturated carbocycles. The highest BCUT2D eigenvalue weighted by atomic mass is 15.3. The molecule has 1 saturated heterocycles. The molecule has 2 atom stereocenters.